The fourth-order valence-electron chi connectivity index (χ4n) is 1.69. The van der Waals surface area contributed by atoms with Crippen molar-refractivity contribution >= 4 is 5.97 Å². The van der Waals surface area contributed by atoms with Crippen molar-refractivity contribution in [3.05, 3.63) is 0 Å². The highest BCUT2D eigenvalue weighted by molar-refractivity contribution is 5.77. The number of ether oxygens (including phenoxy) is 1. The Kier molecular flexibility index (Phi) is 3.31. The Labute approximate surface area is 79.1 Å². The van der Waals surface area contributed by atoms with Crippen molar-refractivity contribution in [2.24, 2.45) is 5.92 Å². The molecule has 0 aromatic heterocycles. The first-order valence-electron chi connectivity index (χ1n) is 4.94. The molecular formula is C10H18O3. The molecule has 0 saturated heterocycles. The lowest BCUT2D eigenvalue weighted by Crippen LogP contribution is -2.39. The van der Waals surface area contributed by atoms with Gasteiger partial charge in [-0.1, -0.05) is 13.8 Å². The molecule has 0 bridgehead atoms. The molecule has 0 heterocycles. The summed E-state index contributed by atoms with van der Waals surface area (Å²) in [5.74, 6) is -0.387. The molecule has 1 saturated carbocycles. The maximum atomic E-state index is 11.0. The third-order valence-electron chi connectivity index (χ3n) is 2.49. The van der Waals surface area contributed by atoms with Crippen LogP contribution in [0.2, 0.25) is 0 Å². The molecule has 3 nitrogen and oxygen atoms in total. The van der Waals surface area contributed by atoms with Gasteiger partial charge in [-0.2, -0.15) is 0 Å². The summed E-state index contributed by atoms with van der Waals surface area (Å²) in [6, 6.07) is 0. The van der Waals surface area contributed by atoms with Crippen molar-refractivity contribution in [2.75, 3.05) is 6.61 Å². The van der Waals surface area contributed by atoms with E-state index in [0.29, 0.717) is 25.4 Å². The number of carbonyl (C=O) groups is 1. The summed E-state index contributed by atoms with van der Waals surface area (Å²) in [5, 5.41) is 9.05. The van der Waals surface area contributed by atoms with Crippen LogP contribution < -0.4 is 0 Å². The lowest BCUT2D eigenvalue weighted by Gasteiger charge is -2.25. The van der Waals surface area contributed by atoms with Crippen LogP contribution >= 0.6 is 0 Å². The second-order valence-corrected chi connectivity index (χ2v) is 4.21. The van der Waals surface area contributed by atoms with Crippen molar-refractivity contribution in [2.45, 2.75) is 45.1 Å². The van der Waals surface area contributed by atoms with Gasteiger partial charge in [-0.3, -0.25) is 0 Å². The maximum absolute atomic E-state index is 11.0. The summed E-state index contributed by atoms with van der Waals surface area (Å²) in [4.78, 5) is 11.0. The van der Waals surface area contributed by atoms with Gasteiger partial charge in [0.1, 0.15) is 0 Å². The molecule has 1 rings (SSSR count). The summed E-state index contributed by atoms with van der Waals surface area (Å²) >= 11 is 0. The van der Waals surface area contributed by atoms with Crippen LogP contribution in [0.4, 0.5) is 0 Å². The van der Waals surface area contributed by atoms with Gasteiger partial charge in [-0.25, -0.2) is 4.79 Å². The average Bonchev–Trinajstić information content (AvgIpc) is 2.50. The SMILES string of the molecule is CC(C)COC1(C(=O)O)CCCC1. The molecule has 0 aromatic carbocycles. The number of rotatable bonds is 4. The summed E-state index contributed by atoms with van der Waals surface area (Å²) < 4.78 is 5.51. The highest BCUT2D eigenvalue weighted by atomic mass is 16.5. The third kappa shape index (κ3) is 2.44. The van der Waals surface area contributed by atoms with E-state index in [4.69, 9.17) is 9.84 Å². The minimum Gasteiger partial charge on any atom is -0.479 e. The van der Waals surface area contributed by atoms with Crippen molar-refractivity contribution in [1.29, 1.82) is 0 Å². The van der Waals surface area contributed by atoms with E-state index in [-0.39, 0.29) is 0 Å². The Morgan fingerprint density at radius 3 is 2.38 bits per heavy atom. The lowest BCUT2D eigenvalue weighted by atomic mass is 10.0. The summed E-state index contributed by atoms with van der Waals surface area (Å²) in [6.07, 6.45) is 3.30. The summed E-state index contributed by atoms with van der Waals surface area (Å²) in [7, 11) is 0. The Balaban J connectivity index is 2.52. The van der Waals surface area contributed by atoms with E-state index in [1.54, 1.807) is 0 Å². The van der Waals surface area contributed by atoms with Gasteiger partial charge >= 0.3 is 5.97 Å². The van der Waals surface area contributed by atoms with Crippen LogP contribution in [0.15, 0.2) is 0 Å². The third-order valence-corrected chi connectivity index (χ3v) is 2.49. The molecule has 0 atom stereocenters. The minimum absolute atomic E-state index is 0.400. The van der Waals surface area contributed by atoms with Crippen LogP contribution in [-0.4, -0.2) is 23.3 Å². The van der Waals surface area contributed by atoms with Crippen molar-refractivity contribution in [1.82, 2.24) is 0 Å². The Bertz CT molecular complexity index is 181. The number of carboxylic acids is 1. The van der Waals surface area contributed by atoms with E-state index in [9.17, 15) is 4.79 Å². The molecule has 1 aliphatic carbocycles. The normalized spacial score (nSPS) is 20.8. The molecule has 0 aromatic rings. The monoisotopic (exact) mass is 186 g/mol. The van der Waals surface area contributed by atoms with Crippen LogP contribution in [0.3, 0.4) is 0 Å². The van der Waals surface area contributed by atoms with Gasteiger partial charge in [-0.05, 0) is 31.6 Å². The first-order chi connectivity index (χ1) is 6.07. The summed E-state index contributed by atoms with van der Waals surface area (Å²) in [5.41, 5.74) is -0.857. The molecule has 0 unspecified atom stereocenters. The van der Waals surface area contributed by atoms with Gasteiger partial charge < -0.3 is 9.84 Å². The predicted octanol–water partition coefficient (Wildman–Crippen LogP) is 2.06. The molecule has 0 spiro atoms. The van der Waals surface area contributed by atoms with Crippen molar-refractivity contribution in [3.63, 3.8) is 0 Å². The maximum Gasteiger partial charge on any atom is 0.335 e. The number of aliphatic carboxylic acids is 1. The van der Waals surface area contributed by atoms with Gasteiger partial charge in [0.05, 0.1) is 6.61 Å². The van der Waals surface area contributed by atoms with E-state index in [1.807, 2.05) is 13.8 Å². The standard InChI is InChI=1S/C10H18O3/c1-8(2)7-13-10(9(11)12)5-3-4-6-10/h8H,3-7H2,1-2H3,(H,11,12). The van der Waals surface area contributed by atoms with Crippen LogP contribution in [0.25, 0.3) is 0 Å². The highest BCUT2D eigenvalue weighted by Gasteiger charge is 2.42. The fraction of sp³-hybridized carbons (Fsp3) is 0.900. The first-order valence-corrected chi connectivity index (χ1v) is 4.94. The number of carboxylic acid groups (broad SMARTS) is 1. The predicted molar refractivity (Wildman–Crippen MR) is 49.6 cm³/mol. The zero-order chi connectivity index (χ0) is 9.90. The van der Waals surface area contributed by atoms with Gasteiger partial charge in [0.2, 0.25) is 0 Å². The van der Waals surface area contributed by atoms with Crippen molar-refractivity contribution in [3.8, 4) is 0 Å². The van der Waals surface area contributed by atoms with Gasteiger partial charge in [0, 0.05) is 0 Å². The Morgan fingerprint density at radius 2 is 2.00 bits per heavy atom. The van der Waals surface area contributed by atoms with Gasteiger partial charge in [0.15, 0.2) is 5.60 Å². The van der Waals surface area contributed by atoms with E-state index in [0.717, 1.165) is 12.8 Å². The van der Waals surface area contributed by atoms with Crippen LogP contribution in [0.5, 0.6) is 0 Å². The molecular weight excluding hydrogens is 168 g/mol. The zero-order valence-corrected chi connectivity index (χ0v) is 8.38. The Hall–Kier alpha value is -0.570. The molecule has 0 aliphatic heterocycles. The van der Waals surface area contributed by atoms with E-state index in [2.05, 4.69) is 0 Å². The highest BCUT2D eigenvalue weighted by Crippen LogP contribution is 2.33. The van der Waals surface area contributed by atoms with Crippen LogP contribution in [-0.2, 0) is 9.53 Å². The van der Waals surface area contributed by atoms with E-state index >= 15 is 0 Å². The molecule has 3 heteroatoms. The largest absolute Gasteiger partial charge is 0.479 e. The second-order valence-electron chi connectivity index (χ2n) is 4.21. The molecule has 0 amide bonds. The molecule has 1 fully saturated rings. The van der Waals surface area contributed by atoms with E-state index in [1.165, 1.54) is 0 Å². The molecule has 1 aliphatic rings. The minimum atomic E-state index is -0.857. The number of hydrogen-bond acceptors (Lipinski definition) is 2. The topological polar surface area (TPSA) is 46.5 Å². The Morgan fingerprint density at radius 1 is 1.46 bits per heavy atom. The fourth-order valence-corrected chi connectivity index (χ4v) is 1.69. The van der Waals surface area contributed by atoms with Crippen molar-refractivity contribution < 1.29 is 14.6 Å². The summed E-state index contributed by atoms with van der Waals surface area (Å²) in [6.45, 7) is 4.61. The van der Waals surface area contributed by atoms with Gasteiger partial charge in [-0.15, -0.1) is 0 Å². The van der Waals surface area contributed by atoms with E-state index < -0.39 is 11.6 Å². The quantitative estimate of drug-likeness (QED) is 0.731. The lowest BCUT2D eigenvalue weighted by molar-refractivity contribution is -0.166. The van der Waals surface area contributed by atoms with Gasteiger partial charge in [0.25, 0.3) is 0 Å². The zero-order valence-electron chi connectivity index (χ0n) is 8.38. The molecule has 0 radical (unpaired) electrons. The molecule has 76 valence electrons. The first kappa shape index (κ1) is 10.5. The van der Waals surface area contributed by atoms with Crippen LogP contribution in [0, 0.1) is 5.92 Å². The van der Waals surface area contributed by atoms with Crippen LogP contribution in [0.1, 0.15) is 39.5 Å². The average molecular weight is 186 g/mol. The molecule has 1 N–H and O–H groups in total. The molecule has 13 heavy (non-hydrogen) atoms. The second kappa shape index (κ2) is 4.09. The smallest absolute Gasteiger partial charge is 0.335 e. The number of hydrogen-bond donors (Lipinski definition) is 1.